The average Bonchev–Trinajstić information content (AvgIpc) is 2.50. The molecular formula is C14H21N3O4S. The second kappa shape index (κ2) is 7.90. The maximum Gasteiger partial charge on any atom is 0.237 e. The first-order chi connectivity index (χ1) is 10.3. The molecule has 22 heavy (non-hydrogen) atoms. The Balaban J connectivity index is 2.55. The normalized spacial score (nSPS) is 12.6. The highest BCUT2D eigenvalue weighted by Crippen LogP contribution is 2.12. The molecule has 1 aromatic carbocycles. The van der Waals surface area contributed by atoms with Gasteiger partial charge >= 0.3 is 0 Å². The van der Waals surface area contributed by atoms with Crippen molar-refractivity contribution in [2.75, 3.05) is 5.75 Å². The average molecular weight is 327 g/mol. The van der Waals surface area contributed by atoms with E-state index in [0.29, 0.717) is 0 Å². The van der Waals surface area contributed by atoms with Gasteiger partial charge in [0, 0.05) is 13.0 Å². The number of primary amides is 1. The van der Waals surface area contributed by atoms with Crippen LogP contribution in [0.1, 0.15) is 25.3 Å². The predicted molar refractivity (Wildman–Crippen MR) is 82.4 cm³/mol. The Hall–Kier alpha value is -1.93. The molecule has 0 heterocycles. The summed E-state index contributed by atoms with van der Waals surface area (Å²) in [6, 6.07) is 5.49. The fraction of sp³-hybridized carbons (Fsp3) is 0.429. The SMILES string of the molecule is CCS(=O)(=O)c1ccc(CNC(=O)[C@@H](N)CCC(N)=O)cc1. The largest absolute Gasteiger partial charge is 0.370 e. The van der Waals surface area contributed by atoms with E-state index in [1.54, 1.807) is 19.1 Å². The molecular weight excluding hydrogens is 306 g/mol. The molecule has 0 fully saturated rings. The van der Waals surface area contributed by atoms with Gasteiger partial charge in [-0.3, -0.25) is 9.59 Å². The molecule has 122 valence electrons. The highest BCUT2D eigenvalue weighted by molar-refractivity contribution is 7.91. The van der Waals surface area contributed by atoms with Crippen LogP contribution in [0.4, 0.5) is 0 Å². The number of carbonyl (C=O) groups excluding carboxylic acids is 2. The highest BCUT2D eigenvalue weighted by atomic mass is 32.2. The van der Waals surface area contributed by atoms with Gasteiger partial charge < -0.3 is 16.8 Å². The molecule has 0 bridgehead atoms. The summed E-state index contributed by atoms with van der Waals surface area (Å²) in [5.74, 6) is -0.847. The molecule has 8 heteroatoms. The van der Waals surface area contributed by atoms with Gasteiger partial charge in [0.2, 0.25) is 11.8 Å². The van der Waals surface area contributed by atoms with Crippen molar-refractivity contribution in [3.63, 3.8) is 0 Å². The Bertz CT molecular complexity index is 626. The minimum Gasteiger partial charge on any atom is -0.370 e. The number of sulfone groups is 1. The molecule has 1 rings (SSSR count). The van der Waals surface area contributed by atoms with Crippen molar-refractivity contribution in [1.82, 2.24) is 5.32 Å². The monoisotopic (exact) mass is 327 g/mol. The molecule has 0 radical (unpaired) electrons. The number of nitrogens with one attached hydrogen (secondary N) is 1. The summed E-state index contributed by atoms with van der Waals surface area (Å²) in [4.78, 5) is 22.6. The second-order valence-electron chi connectivity index (χ2n) is 4.88. The van der Waals surface area contributed by atoms with Gasteiger partial charge in [-0.05, 0) is 24.1 Å². The van der Waals surface area contributed by atoms with Crippen molar-refractivity contribution in [3.05, 3.63) is 29.8 Å². The molecule has 2 amide bonds. The molecule has 0 unspecified atom stereocenters. The van der Waals surface area contributed by atoms with Crippen LogP contribution in [0.3, 0.4) is 0 Å². The van der Waals surface area contributed by atoms with Gasteiger partial charge in [0.1, 0.15) is 0 Å². The molecule has 5 N–H and O–H groups in total. The van der Waals surface area contributed by atoms with Gasteiger partial charge in [-0.15, -0.1) is 0 Å². The molecule has 0 aliphatic rings. The van der Waals surface area contributed by atoms with Crippen LogP contribution in [0.2, 0.25) is 0 Å². The number of hydrogen-bond acceptors (Lipinski definition) is 5. The molecule has 1 atom stereocenters. The smallest absolute Gasteiger partial charge is 0.237 e. The zero-order valence-corrected chi connectivity index (χ0v) is 13.2. The lowest BCUT2D eigenvalue weighted by Crippen LogP contribution is -2.40. The van der Waals surface area contributed by atoms with Crippen molar-refractivity contribution < 1.29 is 18.0 Å². The third-order valence-electron chi connectivity index (χ3n) is 3.17. The molecule has 0 aromatic heterocycles. The van der Waals surface area contributed by atoms with E-state index < -0.39 is 21.8 Å². The van der Waals surface area contributed by atoms with Crippen molar-refractivity contribution in [3.8, 4) is 0 Å². The second-order valence-corrected chi connectivity index (χ2v) is 7.15. The van der Waals surface area contributed by atoms with Crippen LogP contribution in [0.5, 0.6) is 0 Å². The Kier molecular flexibility index (Phi) is 6.51. The summed E-state index contributed by atoms with van der Waals surface area (Å²) < 4.78 is 23.3. The quantitative estimate of drug-likeness (QED) is 0.602. The molecule has 0 saturated carbocycles. The number of hydrogen-bond donors (Lipinski definition) is 3. The maximum atomic E-state index is 11.7. The van der Waals surface area contributed by atoms with Gasteiger partial charge in [0.05, 0.1) is 16.7 Å². The van der Waals surface area contributed by atoms with E-state index in [2.05, 4.69) is 5.32 Å². The Morgan fingerprint density at radius 2 is 1.82 bits per heavy atom. The number of rotatable bonds is 8. The molecule has 0 saturated heterocycles. The van der Waals surface area contributed by atoms with E-state index in [1.807, 2.05) is 0 Å². The van der Waals surface area contributed by atoms with Crippen LogP contribution in [0.25, 0.3) is 0 Å². The lowest BCUT2D eigenvalue weighted by atomic mass is 10.1. The van der Waals surface area contributed by atoms with E-state index >= 15 is 0 Å². The summed E-state index contributed by atoms with van der Waals surface area (Å²) in [5.41, 5.74) is 11.4. The van der Waals surface area contributed by atoms with Crippen LogP contribution in [0, 0.1) is 0 Å². The van der Waals surface area contributed by atoms with Crippen molar-refractivity contribution >= 4 is 21.7 Å². The predicted octanol–water partition coefficient (Wildman–Crippen LogP) is -0.311. The van der Waals surface area contributed by atoms with Crippen molar-refractivity contribution in [2.45, 2.75) is 37.2 Å². The summed E-state index contributed by atoms with van der Waals surface area (Å²) in [6.07, 6.45) is 0.243. The molecule has 7 nitrogen and oxygen atoms in total. The number of nitrogens with two attached hydrogens (primary N) is 2. The number of amides is 2. The van der Waals surface area contributed by atoms with E-state index in [1.165, 1.54) is 12.1 Å². The van der Waals surface area contributed by atoms with Crippen LogP contribution in [-0.2, 0) is 26.0 Å². The van der Waals surface area contributed by atoms with Crippen molar-refractivity contribution in [2.24, 2.45) is 11.5 Å². The Morgan fingerprint density at radius 3 is 2.32 bits per heavy atom. The first-order valence-corrected chi connectivity index (χ1v) is 8.54. The van der Waals surface area contributed by atoms with Gasteiger partial charge in [0.15, 0.2) is 9.84 Å². The number of carbonyl (C=O) groups is 2. The first-order valence-electron chi connectivity index (χ1n) is 6.89. The van der Waals surface area contributed by atoms with E-state index in [9.17, 15) is 18.0 Å². The van der Waals surface area contributed by atoms with Gasteiger partial charge in [0.25, 0.3) is 0 Å². The van der Waals surface area contributed by atoms with Crippen LogP contribution < -0.4 is 16.8 Å². The summed E-state index contributed by atoms with van der Waals surface area (Å²) in [7, 11) is -3.23. The minimum atomic E-state index is -3.23. The summed E-state index contributed by atoms with van der Waals surface area (Å²) in [5, 5.41) is 2.63. The fourth-order valence-corrected chi connectivity index (χ4v) is 2.61. The summed E-state index contributed by atoms with van der Waals surface area (Å²) in [6.45, 7) is 1.81. The van der Waals surface area contributed by atoms with E-state index in [-0.39, 0.29) is 35.9 Å². The van der Waals surface area contributed by atoms with E-state index in [0.717, 1.165) is 5.56 Å². The zero-order chi connectivity index (χ0) is 16.8. The lowest BCUT2D eigenvalue weighted by molar-refractivity contribution is -0.123. The Morgan fingerprint density at radius 1 is 1.23 bits per heavy atom. The van der Waals surface area contributed by atoms with Crippen LogP contribution >= 0.6 is 0 Å². The third kappa shape index (κ3) is 5.45. The standard InChI is InChI=1S/C14H21N3O4S/c1-2-22(20,21)11-5-3-10(4-6-11)9-17-14(19)12(15)7-8-13(16)18/h3-6,12H,2,7-9,15H2,1H3,(H2,16,18)(H,17,19)/t12-/m0/s1. The maximum absolute atomic E-state index is 11.7. The first kappa shape index (κ1) is 18.1. The highest BCUT2D eigenvalue weighted by Gasteiger charge is 2.14. The van der Waals surface area contributed by atoms with Crippen LogP contribution in [0.15, 0.2) is 29.2 Å². The van der Waals surface area contributed by atoms with Crippen LogP contribution in [-0.4, -0.2) is 32.0 Å². The molecule has 0 aliphatic heterocycles. The molecule has 0 aliphatic carbocycles. The van der Waals surface area contributed by atoms with E-state index in [4.69, 9.17) is 11.5 Å². The van der Waals surface area contributed by atoms with Crippen molar-refractivity contribution in [1.29, 1.82) is 0 Å². The van der Waals surface area contributed by atoms with Gasteiger partial charge in [-0.2, -0.15) is 0 Å². The molecule has 1 aromatic rings. The minimum absolute atomic E-state index is 0.0395. The Labute approximate surface area is 130 Å². The van der Waals surface area contributed by atoms with Gasteiger partial charge in [-0.1, -0.05) is 19.1 Å². The lowest BCUT2D eigenvalue weighted by Gasteiger charge is -2.11. The molecule has 0 spiro atoms. The zero-order valence-electron chi connectivity index (χ0n) is 12.4. The number of benzene rings is 1. The summed E-state index contributed by atoms with van der Waals surface area (Å²) >= 11 is 0. The van der Waals surface area contributed by atoms with Gasteiger partial charge in [-0.25, -0.2) is 8.42 Å². The third-order valence-corrected chi connectivity index (χ3v) is 4.92. The fourth-order valence-electron chi connectivity index (χ4n) is 1.73. The topological polar surface area (TPSA) is 132 Å².